The zero-order chi connectivity index (χ0) is 24.6. The van der Waals surface area contributed by atoms with E-state index in [1.54, 1.807) is 39.2 Å². The molecule has 174 valence electrons. The number of nitrogen functional groups attached to an aromatic ring is 1. The average Bonchev–Trinajstić information content (AvgIpc) is 3.54. The van der Waals surface area contributed by atoms with Crippen LogP contribution in [0.3, 0.4) is 0 Å². The van der Waals surface area contributed by atoms with Crippen LogP contribution in [0.5, 0.6) is 0 Å². The van der Waals surface area contributed by atoms with Crippen LogP contribution >= 0.6 is 0 Å². The topological polar surface area (TPSA) is 156 Å². The lowest BCUT2D eigenvalue weighted by atomic mass is 10.0. The largest absolute Gasteiger partial charge is 0.444 e. The zero-order valence-corrected chi connectivity index (χ0v) is 19.3. The highest BCUT2D eigenvalue weighted by molar-refractivity contribution is 5.99. The van der Waals surface area contributed by atoms with Crippen molar-refractivity contribution in [2.45, 2.75) is 39.7 Å². The minimum Gasteiger partial charge on any atom is -0.444 e. The van der Waals surface area contributed by atoms with Crippen LogP contribution in [0.4, 0.5) is 22.1 Å². The molecule has 0 saturated heterocycles. The number of carbonyl (C=O) groups excluding carboxylic acids is 2. The predicted octanol–water partition coefficient (Wildman–Crippen LogP) is 4.03. The van der Waals surface area contributed by atoms with E-state index in [1.165, 1.54) is 6.20 Å². The summed E-state index contributed by atoms with van der Waals surface area (Å²) in [5.41, 5.74) is 8.03. The molecule has 0 aliphatic heterocycles. The molecular formula is C24H25N7O3. The quantitative estimate of drug-likeness (QED) is 0.528. The first kappa shape index (κ1) is 22.9. The number of hydrogen-bond donors (Lipinski definition) is 3. The lowest BCUT2D eigenvalue weighted by Crippen LogP contribution is -2.27. The third-order valence-corrected chi connectivity index (χ3v) is 5.42. The summed E-state index contributed by atoms with van der Waals surface area (Å²) in [5.74, 6) is -0.109. The Morgan fingerprint density at radius 2 is 1.97 bits per heavy atom. The number of carbonyl (C=O) groups is 2. The molecule has 10 heteroatoms. The van der Waals surface area contributed by atoms with Gasteiger partial charge in [0.25, 0.3) is 0 Å². The van der Waals surface area contributed by atoms with Gasteiger partial charge in [-0.15, -0.1) is 0 Å². The van der Waals surface area contributed by atoms with Crippen molar-refractivity contribution in [1.29, 1.82) is 5.26 Å². The van der Waals surface area contributed by atoms with E-state index in [4.69, 9.17) is 15.7 Å². The number of nitriles is 1. The standard InChI is InChI=1S/C24H25N7O3/c1-12-16(9-27-11-19(12)30-23(33)34-24(2,3)4)18-6-13-7-20(28-10-17(13)21(26)29-18)31-22(32)15-5-14(15)8-25/h6-7,9-11,14-15H,5H2,1-4H3,(H2,26,29)(H,30,33)(H,28,31,32)/t14-,15+/m0/s1. The third kappa shape index (κ3) is 4.88. The molecule has 0 bridgehead atoms. The fraction of sp³-hybridized carbons (Fsp3) is 0.333. The molecule has 10 nitrogen and oxygen atoms in total. The number of pyridine rings is 3. The average molecular weight is 460 g/mol. The molecule has 0 spiro atoms. The summed E-state index contributed by atoms with van der Waals surface area (Å²) in [6.07, 6.45) is 4.72. The number of aromatic nitrogens is 3. The molecule has 1 aliphatic carbocycles. The molecule has 0 aromatic carbocycles. The van der Waals surface area contributed by atoms with Crippen LogP contribution in [0.15, 0.2) is 30.7 Å². The summed E-state index contributed by atoms with van der Waals surface area (Å²) >= 11 is 0. The first-order chi connectivity index (χ1) is 16.1. The van der Waals surface area contributed by atoms with Crippen LogP contribution in [-0.2, 0) is 9.53 Å². The van der Waals surface area contributed by atoms with Gasteiger partial charge in [-0.3, -0.25) is 15.1 Å². The Bertz CT molecular complexity index is 1340. The van der Waals surface area contributed by atoms with E-state index >= 15 is 0 Å². The number of hydrogen-bond acceptors (Lipinski definition) is 8. The van der Waals surface area contributed by atoms with Crippen LogP contribution < -0.4 is 16.4 Å². The van der Waals surface area contributed by atoms with E-state index in [0.717, 1.165) is 10.9 Å². The van der Waals surface area contributed by atoms with Crippen molar-refractivity contribution in [1.82, 2.24) is 15.0 Å². The number of rotatable bonds is 4. The molecule has 4 N–H and O–H groups in total. The van der Waals surface area contributed by atoms with Crippen LogP contribution in [-0.4, -0.2) is 32.6 Å². The second-order valence-corrected chi connectivity index (χ2v) is 9.24. The Labute approximate surface area is 196 Å². The highest BCUT2D eigenvalue weighted by Crippen LogP contribution is 2.38. The SMILES string of the molecule is Cc1c(NC(=O)OC(C)(C)C)cncc1-c1cc2cc(NC(=O)[C@@H]3C[C@H]3C#N)ncc2c(N)n1. The van der Waals surface area contributed by atoms with Gasteiger partial charge in [-0.25, -0.2) is 14.8 Å². The van der Waals surface area contributed by atoms with Gasteiger partial charge in [-0.05, 0) is 57.2 Å². The van der Waals surface area contributed by atoms with Crippen molar-refractivity contribution in [3.63, 3.8) is 0 Å². The number of amides is 2. The van der Waals surface area contributed by atoms with Crippen molar-refractivity contribution in [2.24, 2.45) is 11.8 Å². The van der Waals surface area contributed by atoms with E-state index in [0.29, 0.717) is 34.6 Å². The molecule has 1 saturated carbocycles. The van der Waals surface area contributed by atoms with E-state index in [2.05, 4.69) is 31.7 Å². The summed E-state index contributed by atoms with van der Waals surface area (Å²) in [6.45, 7) is 7.20. The Hall–Kier alpha value is -4.26. The van der Waals surface area contributed by atoms with Crippen molar-refractivity contribution < 1.29 is 14.3 Å². The maximum Gasteiger partial charge on any atom is 0.412 e. The van der Waals surface area contributed by atoms with Gasteiger partial charge in [0, 0.05) is 23.3 Å². The Kier molecular flexibility index (Phi) is 5.79. The van der Waals surface area contributed by atoms with Gasteiger partial charge in [0.1, 0.15) is 17.2 Å². The van der Waals surface area contributed by atoms with Crippen LogP contribution in [0.25, 0.3) is 22.0 Å². The van der Waals surface area contributed by atoms with Crippen molar-refractivity contribution in [3.05, 3.63) is 36.3 Å². The number of fused-ring (bicyclic) bond motifs is 1. The van der Waals surface area contributed by atoms with Gasteiger partial charge < -0.3 is 15.8 Å². The Balaban J connectivity index is 1.63. The molecular weight excluding hydrogens is 434 g/mol. The highest BCUT2D eigenvalue weighted by Gasteiger charge is 2.43. The molecule has 34 heavy (non-hydrogen) atoms. The predicted molar refractivity (Wildman–Crippen MR) is 128 cm³/mol. The molecule has 3 aromatic heterocycles. The number of nitrogens with one attached hydrogen (secondary N) is 2. The van der Waals surface area contributed by atoms with Gasteiger partial charge in [0.2, 0.25) is 5.91 Å². The van der Waals surface area contributed by atoms with Crippen molar-refractivity contribution in [3.8, 4) is 17.3 Å². The third-order valence-electron chi connectivity index (χ3n) is 5.42. The maximum atomic E-state index is 12.3. The second kappa shape index (κ2) is 8.59. The summed E-state index contributed by atoms with van der Waals surface area (Å²) in [6, 6.07) is 5.64. The summed E-state index contributed by atoms with van der Waals surface area (Å²) < 4.78 is 5.33. The van der Waals surface area contributed by atoms with Gasteiger partial charge in [0.05, 0.1) is 35.5 Å². The van der Waals surface area contributed by atoms with Crippen molar-refractivity contribution >= 4 is 40.1 Å². The minimum absolute atomic E-state index is 0.221. The van der Waals surface area contributed by atoms with Gasteiger partial charge >= 0.3 is 6.09 Å². The van der Waals surface area contributed by atoms with E-state index in [9.17, 15) is 9.59 Å². The Morgan fingerprint density at radius 3 is 2.65 bits per heavy atom. The summed E-state index contributed by atoms with van der Waals surface area (Å²) in [7, 11) is 0. The molecule has 2 amide bonds. The lowest BCUT2D eigenvalue weighted by Gasteiger charge is -2.20. The smallest absolute Gasteiger partial charge is 0.412 e. The van der Waals surface area contributed by atoms with Crippen LogP contribution in [0.1, 0.15) is 32.8 Å². The molecule has 3 heterocycles. The number of nitrogens with two attached hydrogens (primary N) is 1. The zero-order valence-electron chi connectivity index (χ0n) is 19.3. The first-order valence-corrected chi connectivity index (χ1v) is 10.8. The molecule has 1 aliphatic rings. The van der Waals surface area contributed by atoms with E-state index in [1.807, 2.05) is 13.0 Å². The molecule has 1 fully saturated rings. The summed E-state index contributed by atoms with van der Waals surface area (Å²) in [4.78, 5) is 37.5. The fourth-order valence-electron chi connectivity index (χ4n) is 3.55. The normalized spacial score (nSPS) is 17.0. The van der Waals surface area contributed by atoms with Gasteiger partial charge in [-0.1, -0.05) is 0 Å². The maximum absolute atomic E-state index is 12.3. The number of anilines is 3. The lowest BCUT2D eigenvalue weighted by molar-refractivity contribution is -0.117. The number of nitrogens with zero attached hydrogens (tertiary/aromatic N) is 4. The van der Waals surface area contributed by atoms with E-state index < -0.39 is 11.7 Å². The molecule has 2 atom stereocenters. The molecule has 4 rings (SSSR count). The van der Waals surface area contributed by atoms with Crippen LogP contribution in [0, 0.1) is 30.1 Å². The second-order valence-electron chi connectivity index (χ2n) is 9.24. The molecule has 3 aromatic rings. The minimum atomic E-state index is -0.631. The van der Waals surface area contributed by atoms with Gasteiger partial charge in [-0.2, -0.15) is 5.26 Å². The van der Waals surface area contributed by atoms with E-state index in [-0.39, 0.29) is 23.6 Å². The molecule has 0 unspecified atom stereocenters. The van der Waals surface area contributed by atoms with Crippen LogP contribution in [0.2, 0.25) is 0 Å². The van der Waals surface area contributed by atoms with Crippen molar-refractivity contribution in [2.75, 3.05) is 16.4 Å². The highest BCUT2D eigenvalue weighted by atomic mass is 16.6. The number of ether oxygens (including phenoxy) is 1. The first-order valence-electron chi connectivity index (χ1n) is 10.8. The summed E-state index contributed by atoms with van der Waals surface area (Å²) in [5, 5.41) is 15.8. The Morgan fingerprint density at radius 1 is 1.21 bits per heavy atom. The van der Waals surface area contributed by atoms with Gasteiger partial charge in [0.15, 0.2) is 0 Å². The fourth-order valence-corrected chi connectivity index (χ4v) is 3.55. The molecule has 0 radical (unpaired) electrons. The monoisotopic (exact) mass is 459 g/mol.